The fraction of sp³-hybridized carbons (Fsp3) is 0.571. The molecule has 1 aliphatic heterocycles. The Kier molecular flexibility index (Phi) is 4.87. The van der Waals surface area contributed by atoms with Gasteiger partial charge >= 0.3 is 0 Å². The Hall–Kier alpha value is -0.770. The number of benzene rings is 1. The second-order valence-corrected chi connectivity index (χ2v) is 5.25. The van der Waals surface area contributed by atoms with Crippen LogP contribution in [0.2, 0.25) is 5.02 Å². The number of halogens is 1. The molecule has 1 atom stereocenters. The van der Waals surface area contributed by atoms with Gasteiger partial charge in [0.15, 0.2) is 0 Å². The number of rotatable bonds is 5. The van der Waals surface area contributed by atoms with Gasteiger partial charge in [-0.2, -0.15) is 0 Å². The Balaban J connectivity index is 2.14. The van der Waals surface area contributed by atoms with E-state index in [4.69, 9.17) is 22.4 Å². The standard InChI is InChI=1S/C14H21ClN2O/c15-13-9-11(10-16)5-6-14(13)17-7-1-3-12(17)4-2-8-18/h5-6,9,12,18H,1-4,7-8,10,16H2. The zero-order valence-electron chi connectivity index (χ0n) is 10.6. The number of hydrogen-bond acceptors (Lipinski definition) is 3. The van der Waals surface area contributed by atoms with Crippen LogP contribution in [0, 0.1) is 0 Å². The minimum atomic E-state index is 0.268. The summed E-state index contributed by atoms with van der Waals surface area (Å²) in [4.78, 5) is 2.37. The van der Waals surface area contributed by atoms with Gasteiger partial charge in [0.25, 0.3) is 0 Å². The number of hydrogen-bond donors (Lipinski definition) is 2. The van der Waals surface area contributed by atoms with Gasteiger partial charge < -0.3 is 15.7 Å². The third-order valence-electron chi connectivity index (χ3n) is 3.63. The third-order valence-corrected chi connectivity index (χ3v) is 3.93. The third kappa shape index (κ3) is 2.97. The SMILES string of the molecule is NCc1ccc(N2CCCC2CCCO)c(Cl)c1. The molecule has 1 aromatic rings. The predicted molar refractivity (Wildman–Crippen MR) is 76.0 cm³/mol. The Labute approximate surface area is 114 Å². The molecule has 18 heavy (non-hydrogen) atoms. The summed E-state index contributed by atoms with van der Waals surface area (Å²) >= 11 is 6.34. The molecular formula is C14H21ClN2O. The smallest absolute Gasteiger partial charge is 0.0642 e. The maximum absolute atomic E-state index is 8.95. The molecule has 0 saturated carbocycles. The first-order chi connectivity index (χ1) is 8.76. The van der Waals surface area contributed by atoms with E-state index < -0.39 is 0 Å². The molecule has 3 nitrogen and oxygen atoms in total. The Bertz CT molecular complexity index is 397. The summed E-state index contributed by atoms with van der Waals surface area (Å²) in [6.45, 7) is 1.84. The number of anilines is 1. The van der Waals surface area contributed by atoms with Gasteiger partial charge in [-0.1, -0.05) is 17.7 Å². The van der Waals surface area contributed by atoms with Crippen molar-refractivity contribution in [1.82, 2.24) is 0 Å². The van der Waals surface area contributed by atoms with Gasteiger partial charge in [0.1, 0.15) is 0 Å². The zero-order valence-corrected chi connectivity index (χ0v) is 11.4. The maximum atomic E-state index is 8.95. The second-order valence-electron chi connectivity index (χ2n) is 4.85. The van der Waals surface area contributed by atoms with Gasteiger partial charge in [-0.15, -0.1) is 0 Å². The number of aliphatic hydroxyl groups is 1. The second kappa shape index (κ2) is 6.41. The first-order valence-electron chi connectivity index (χ1n) is 6.62. The van der Waals surface area contributed by atoms with Gasteiger partial charge in [0, 0.05) is 25.7 Å². The lowest BCUT2D eigenvalue weighted by Crippen LogP contribution is -2.29. The van der Waals surface area contributed by atoms with E-state index in [0.717, 1.165) is 35.7 Å². The minimum absolute atomic E-state index is 0.268. The van der Waals surface area contributed by atoms with Crippen molar-refractivity contribution in [2.45, 2.75) is 38.3 Å². The van der Waals surface area contributed by atoms with Crippen molar-refractivity contribution in [3.8, 4) is 0 Å². The Morgan fingerprint density at radius 2 is 2.28 bits per heavy atom. The van der Waals surface area contributed by atoms with E-state index in [9.17, 15) is 0 Å². The molecule has 1 aliphatic rings. The van der Waals surface area contributed by atoms with Crippen LogP contribution < -0.4 is 10.6 Å². The van der Waals surface area contributed by atoms with Crippen LogP contribution >= 0.6 is 11.6 Å². The molecule has 1 heterocycles. The van der Waals surface area contributed by atoms with E-state index in [0.29, 0.717) is 12.6 Å². The molecule has 0 amide bonds. The van der Waals surface area contributed by atoms with Crippen molar-refractivity contribution in [3.63, 3.8) is 0 Å². The topological polar surface area (TPSA) is 49.5 Å². The molecule has 2 rings (SSSR count). The molecule has 1 unspecified atom stereocenters. The molecule has 0 bridgehead atoms. The zero-order chi connectivity index (χ0) is 13.0. The van der Waals surface area contributed by atoms with Crippen molar-refractivity contribution in [1.29, 1.82) is 0 Å². The van der Waals surface area contributed by atoms with Gasteiger partial charge in [-0.05, 0) is 43.4 Å². The van der Waals surface area contributed by atoms with Crippen molar-refractivity contribution < 1.29 is 5.11 Å². The van der Waals surface area contributed by atoms with E-state index in [1.54, 1.807) is 0 Å². The van der Waals surface area contributed by atoms with Crippen LogP contribution in [0.3, 0.4) is 0 Å². The summed E-state index contributed by atoms with van der Waals surface area (Å²) < 4.78 is 0. The van der Waals surface area contributed by atoms with Crippen LogP contribution in [0.25, 0.3) is 0 Å². The molecule has 0 spiro atoms. The van der Waals surface area contributed by atoms with Crippen molar-refractivity contribution >= 4 is 17.3 Å². The lowest BCUT2D eigenvalue weighted by molar-refractivity contribution is 0.279. The normalized spacial score (nSPS) is 19.5. The largest absolute Gasteiger partial charge is 0.396 e. The predicted octanol–water partition coefficient (Wildman–Crippen LogP) is 2.54. The Morgan fingerprint density at radius 3 is 2.94 bits per heavy atom. The first-order valence-corrected chi connectivity index (χ1v) is 7.00. The summed E-state index contributed by atoms with van der Waals surface area (Å²) in [5, 5.41) is 9.73. The van der Waals surface area contributed by atoms with Crippen LogP contribution in [0.5, 0.6) is 0 Å². The number of nitrogens with zero attached hydrogens (tertiary/aromatic N) is 1. The fourth-order valence-corrected chi connectivity index (χ4v) is 3.00. The molecule has 0 aliphatic carbocycles. The van der Waals surface area contributed by atoms with Crippen molar-refractivity contribution in [2.75, 3.05) is 18.1 Å². The average molecular weight is 269 g/mol. The van der Waals surface area contributed by atoms with Crippen molar-refractivity contribution in [3.05, 3.63) is 28.8 Å². The fourth-order valence-electron chi connectivity index (χ4n) is 2.69. The van der Waals surface area contributed by atoms with Gasteiger partial charge in [0.2, 0.25) is 0 Å². The number of aliphatic hydroxyl groups excluding tert-OH is 1. The summed E-state index contributed by atoms with van der Waals surface area (Å²) in [5.74, 6) is 0. The van der Waals surface area contributed by atoms with Crippen LogP contribution in [-0.4, -0.2) is 24.3 Å². The van der Waals surface area contributed by atoms with E-state index >= 15 is 0 Å². The van der Waals surface area contributed by atoms with Crippen LogP contribution in [0.4, 0.5) is 5.69 Å². The monoisotopic (exact) mass is 268 g/mol. The van der Waals surface area contributed by atoms with Crippen molar-refractivity contribution in [2.24, 2.45) is 5.73 Å². The van der Waals surface area contributed by atoms with Gasteiger partial charge in [-0.3, -0.25) is 0 Å². The molecular weight excluding hydrogens is 248 g/mol. The van der Waals surface area contributed by atoms with E-state index in [-0.39, 0.29) is 6.61 Å². The summed E-state index contributed by atoms with van der Waals surface area (Å²) in [7, 11) is 0. The molecule has 0 radical (unpaired) electrons. The quantitative estimate of drug-likeness (QED) is 0.863. The molecule has 1 fully saturated rings. The lowest BCUT2D eigenvalue weighted by Gasteiger charge is -2.28. The summed E-state index contributed by atoms with van der Waals surface area (Å²) in [6, 6.07) is 6.58. The highest BCUT2D eigenvalue weighted by atomic mass is 35.5. The van der Waals surface area contributed by atoms with E-state index in [1.807, 2.05) is 12.1 Å². The molecule has 3 N–H and O–H groups in total. The summed E-state index contributed by atoms with van der Waals surface area (Å²) in [6.07, 6.45) is 4.28. The molecule has 0 aromatic heterocycles. The van der Waals surface area contributed by atoms with Crippen LogP contribution in [-0.2, 0) is 6.54 Å². The highest BCUT2D eigenvalue weighted by Crippen LogP contribution is 2.33. The van der Waals surface area contributed by atoms with Gasteiger partial charge in [0.05, 0.1) is 10.7 Å². The van der Waals surface area contributed by atoms with Crippen LogP contribution in [0.1, 0.15) is 31.2 Å². The highest BCUT2D eigenvalue weighted by Gasteiger charge is 2.25. The molecule has 100 valence electrons. The molecule has 1 saturated heterocycles. The van der Waals surface area contributed by atoms with E-state index in [2.05, 4.69) is 11.0 Å². The maximum Gasteiger partial charge on any atom is 0.0642 e. The number of nitrogens with two attached hydrogens (primary N) is 1. The first kappa shape index (κ1) is 13.7. The Morgan fingerprint density at radius 1 is 1.44 bits per heavy atom. The molecule has 4 heteroatoms. The van der Waals surface area contributed by atoms with Gasteiger partial charge in [-0.25, -0.2) is 0 Å². The minimum Gasteiger partial charge on any atom is -0.396 e. The summed E-state index contributed by atoms with van der Waals surface area (Å²) in [5.41, 5.74) is 7.79. The molecule has 1 aromatic carbocycles. The van der Waals surface area contributed by atoms with E-state index in [1.165, 1.54) is 12.8 Å². The van der Waals surface area contributed by atoms with Crippen LogP contribution in [0.15, 0.2) is 18.2 Å². The highest BCUT2D eigenvalue weighted by molar-refractivity contribution is 6.33. The lowest BCUT2D eigenvalue weighted by atomic mass is 10.1. The average Bonchev–Trinajstić information content (AvgIpc) is 2.84.